The molecule has 1 amide bonds. The van der Waals surface area contributed by atoms with Gasteiger partial charge in [0.05, 0.1) is 11.7 Å². The van der Waals surface area contributed by atoms with Crippen molar-refractivity contribution < 1.29 is 14.3 Å². The molecule has 2 N–H and O–H groups in total. The number of alkyl halides is 1. The molecule has 2 aliphatic carbocycles. The van der Waals surface area contributed by atoms with E-state index >= 15 is 0 Å². The summed E-state index contributed by atoms with van der Waals surface area (Å²) in [4.78, 5) is 13.0. The van der Waals surface area contributed by atoms with Gasteiger partial charge in [0, 0.05) is 31.3 Å². The SMILES string of the molecule is CC(=O)Nc1ccc(-c2ccc(N(C)[C@@H]3C[C@H]4CC[C@H](C4)[C@@H]3F)nn2)c(O)c1. The van der Waals surface area contributed by atoms with Crippen LogP contribution in [0.5, 0.6) is 5.75 Å². The maximum absolute atomic E-state index is 14.8. The highest BCUT2D eigenvalue weighted by Gasteiger charge is 2.44. The number of fused-ring (bicyclic) bond motifs is 2. The molecule has 0 aliphatic heterocycles. The minimum atomic E-state index is -0.824. The van der Waals surface area contributed by atoms with Crippen molar-refractivity contribution in [3.05, 3.63) is 30.3 Å². The molecule has 2 saturated carbocycles. The number of nitrogens with one attached hydrogen (secondary N) is 1. The number of carbonyl (C=O) groups excluding carboxylic acids is 1. The van der Waals surface area contributed by atoms with Crippen molar-refractivity contribution in [3.63, 3.8) is 0 Å². The molecule has 2 aromatic rings. The van der Waals surface area contributed by atoms with Crippen molar-refractivity contribution in [1.29, 1.82) is 0 Å². The monoisotopic (exact) mass is 384 g/mol. The molecule has 2 bridgehead atoms. The molecule has 4 rings (SSSR count). The number of benzene rings is 1. The van der Waals surface area contributed by atoms with Crippen molar-refractivity contribution in [2.45, 2.75) is 44.8 Å². The van der Waals surface area contributed by atoms with E-state index < -0.39 is 6.17 Å². The molecule has 6 nitrogen and oxygen atoms in total. The first-order chi connectivity index (χ1) is 13.4. The summed E-state index contributed by atoms with van der Waals surface area (Å²) in [6.45, 7) is 1.41. The molecule has 7 heteroatoms. The van der Waals surface area contributed by atoms with E-state index in [1.54, 1.807) is 18.2 Å². The molecule has 0 radical (unpaired) electrons. The molecule has 2 fully saturated rings. The van der Waals surface area contributed by atoms with E-state index in [1.807, 2.05) is 18.0 Å². The Morgan fingerprint density at radius 3 is 2.71 bits per heavy atom. The van der Waals surface area contributed by atoms with E-state index in [1.165, 1.54) is 13.0 Å². The number of hydrogen-bond donors (Lipinski definition) is 2. The number of nitrogens with zero attached hydrogens (tertiary/aromatic N) is 3. The van der Waals surface area contributed by atoms with Crippen LogP contribution in [0.3, 0.4) is 0 Å². The Morgan fingerprint density at radius 2 is 2.04 bits per heavy atom. The lowest BCUT2D eigenvalue weighted by atomic mass is 9.83. The first-order valence-corrected chi connectivity index (χ1v) is 9.74. The fraction of sp³-hybridized carbons (Fsp3) is 0.476. The van der Waals surface area contributed by atoms with Crippen LogP contribution in [-0.4, -0.2) is 40.5 Å². The third-order valence-corrected chi connectivity index (χ3v) is 6.08. The smallest absolute Gasteiger partial charge is 0.221 e. The average molecular weight is 384 g/mol. The number of phenolic OH excluding ortho intramolecular Hbond substituents is 1. The molecular formula is C21H25FN4O2. The zero-order valence-corrected chi connectivity index (χ0v) is 16.1. The second kappa shape index (κ2) is 7.37. The van der Waals surface area contributed by atoms with Crippen LogP contribution in [0.25, 0.3) is 11.3 Å². The molecule has 1 aromatic carbocycles. The quantitative estimate of drug-likeness (QED) is 0.839. The zero-order chi connectivity index (χ0) is 19.8. The molecule has 1 aromatic heterocycles. The molecule has 0 saturated heterocycles. The van der Waals surface area contributed by atoms with Crippen molar-refractivity contribution in [3.8, 4) is 17.0 Å². The average Bonchev–Trinajstić information content (AvgIpc) is 3.08. The Labute approximate surface area is 163 Å². The molecule has 1 heterocycles. The molecule has 148 valence electrons. The van der Waals surface area contributed by atoms with Gasteiger partial charge in [0.15, 0.2) is 5.82 Å². The van der Waals surface area contributed by atoms with E-state index in [0.29, 0.717) is 28.7 Å². The fourth-order valence-corrected chi connectivity index (χ4v) is 4.63. The third-order valence-electron chi connectivity index (χ3n) is 6.08. The minimum absolute atomic E-state index is 0.00864. The number of phenols is 1. The number of carbonyl (C=O) groups is 1. The van der Waals surface area contributed by atoms with Crippen LogP contribution in [0.4, 0.5) is 15.9 Å². The maximum atomic E-state index is 14.8. The van der Waals surface area contributed by atoms with Gasteiger partial charge in [-0.05, 0) is 61.8 Å². The summed E-state index contributed by atoms with van der Waals surface area (Å²) in [5, 5.41) is 21.4. The van der Waals surface area contributed by atoms with Crippen molar-refractivity contribution in [2.24, 2.45) is 11.8 Å². The number of aromatic nitrogens is 2. The molecule has 0 spiro atoms. The number of halogens is 1. The number of hydrogen-bond acceptors (Lipinski definition) is 5. The zero-order valence-electron chi connectivity index (χ0n) is 16.1. The second-order valence-corrected chi connectivity index (χ2v) is 7.99. The minimum Gasteiger partial charge on any atom is -0.507 e. The predicted molar refractivity (Wildman–Crippen MR) is 106 cm³/mol. The fourth-order valence-electron chi connectivity index (χ4n) is 4.63. The molecule has 0 unspecified atom stereocenters. The van der Waals surface area contributed by atoms with Gasteiger partial charge >= 0.3 is 0 Å². The van der Waals surface area contributed by atoms with E-state index in [2.05, 4.69) is 15.5 Å². The first kappa shape index (κ1) is 18.7. The summed E-state index contributed by atoms with van der Waals surface area (Å²) in [7, 11) is 1.88. The summed E-state index contributed by atoms with van der Waals surface area (Å²) < 4.78 is 14.8. The van der Waals surface area contributed by atoms with Crippen LogP contribution in [0.1, 0.15) is 32.6 Å². The number of aromatic hydroxyl groups is 1. The van der Waals surface area contributed by atoms with Gasteiger partial charge in [0.2, 0.25) is 5.91 Å². The van der Waals surface area contributed by atoms with Gasteiger partial charge < -0.3 is 15.3 Å². The van der Waals surface area contributed by atoms with E-state index in [0.717, 1.165) is 25.7 Å². The maximum Gasteiger partial charge on any atom is 0.221 e. The van der Waals surface area contributed by atoms with Gasteiger partial charge in [0.25, 0.3) is 0 Å². The largest absolute Gasteiger partial charge is 0.507 e. The van der Waals surface area contributed by atoms with E-state index in [9.17, 15) is 14.3 Å². The predicted octanol–water partition coefficient (Wildman–Crippen LogP) is 3.77. The lowest BCUT2D eigenvalue weighted by Crippen LogP contribution is -2.46. The third kappa shape index (κ3) is 3.53. The number of anilines is 2. The number of amides is 1. The van der Waals surface area contributed by atoms with Crippen LogP contribution in [0.2, 0.25) is 0 Å². The highest BCUT2D eigenvalue weighted by atomic mass is 19.1. The van der Waals surface area contributed by atoms with Crippen LogP contribution in [-0.2, 0) is 4.79 Å². The molecule has 2 aliphatic rings. The van der Waals surface area contributed by atoms with Gasteiger partial charge in [-0.1, -0.05) is 0 Å². The van der Waals surface area contributed by atoms with Crippen LogP contribution in [0, 0.1) is 11.8 Å². The molecule has 4 atom stereocenters. The Balaban J connectivity index is 1.52. The van der Waals surface area contributed by atoms with Crippen molar-refractivity contribution >= 4 is 17.4 Å². The Morgan fingerprint density at radius 1 is 1.21 bits per heavy atom. The first-order valence-electron chi connectivity index (χ1n) is 9.74. The van der Waals surface area contributed by atoms with Gasteiger partial charge in [-0.15, -0.1) is 10.2 Å². The molecule has 28 heavy (non-hydrogen) atoms. The lowest BCUT2D eigenvalue weighted by Gasteiger charge is -2.38. The standard InChI is InChI=1S/C21H25FN4O2/c1-12(27)23-15-5-6-16(19(28)11-15)17-7-8-20(25-24-17)26(2)18-10-13-3-4-14(9-13)21(18)22/h5-8,11,13-14,18,21,28H,3-4,9-10H2,1-2H3,(H,23,27)/t13-,14+,18+,21-/m0/s1. The summed E-state index contributed by atoms with van der Waals surface area (Å²) in [5.74, 6) is 1.23. The van der Waals surface area contributed by atoms with Gasteiger partial charge in [-0.2, -0.15) is 0 Å². The number of rotatable bonds is 4. The topological polar surface area (TPSA) is 78.4 Å². The van der Waals surface area contributed by atoms with Crippen molar-refractivity contribution in [2.75, 3.05) is 17.3 Å². The summed E-state index contributed by atoms with van der Waals surface area (Å²) in [6.07, 6.45) is 3.19. The van der Waals surface area contributed by atoms with Crippen LogP contribution >= 0.6 is 0 Å². The van der Waals surface area contributed by atoms with E-state index in [4.69, 9.17) is 0 Å². The summed E-state index contributed by atoms with van der Waals surface area (Å²) in [6, 6.07) is 8.29. The van der Waals surface area contributed by atoms with Gasteiger partial charge in [-0.25, -0.2) is 4.39 Å². The lowest BCUT2D eigenvalue weighted by molar-refractivity contribution is -0.114. The Kier molecular flexibility index (Phi) is 4.91. The Bertz CT molecular complexity index is 873. The second-order valence-electron chi connectivity index (χ2n) is 7.99. The van der Waals surface area contributed by atoms with Crippen LogP contribution < -0.4 is 10.2 Å². The normalized spacial score (nSPS) is 26.1. The Hall–Kier alpha value is -2.70. The summed E-state index contributed by atoms with van der Waals surface area (Å²) in [5.41, 5.74) is 1.55. The van der Waals surface area contributed by atoms with Crippen molar-refractivity contribution in [1.82, 2.24) is 10.2 Å². The van der Waals surface area contributed by atoms with Gasteiger partial charge in [-0.3, -0.25) is 4.79 Å². The van der Waals surface area contributed by atoms with E-state index in [-0.39, 0.29) is 23.6 Å². The molecular weight excluding hydrogens is 359 g/mol. The van der Waals surface area contributed by atoms with Gasteiger partial charge in [0.1, 0.15) is 11.9 Å². The summed E-state index contributed by atoms with van der Waals surface area (Å²) >= 11 is 0. The highest BCUT2D eigenvalue weighted by molar-refractivity contribution is 5.89. The van der Waals surface area contributed by atoms with Crippen LogP contribution in [0.15, 0.2) is 30.3 Å². The highest BCUT2D eigenvalue weighted by Crippen LogP contribution is 2.45.